The van der Waals surface area contributed by atoms with E-state index in [1.807, 2.05) is 0 Å². The van der Waals surface area contributed by atoms with Gasteiger partial charge in [-0.2, -0.15) is 10.4 Å². The van der Waals surface area contributed by atoms with E-state index in [9.17, 15) is 14.9 Å². The van der Waals surface area contributed by atoms with E-state index in [1.165, 1.54) is 13.3 Å². The molecule has 8 nitrogen and oxygen atoms in total. The van der Waals surface area contributed by atoms with E-state index in [4.69, 9.17) is 4.74 Å². The minimum Gasteiger partial charge on any atom is -0.449 e. The molecule has 1 saturated carbocycles. The summed E-state index contributed by atoms with van der Waals surface area (Å²) in [7, 11) is 0. The first-order valence-electron chi connectivity index (χ1n) is 8.92. The van der Waals surface area contributed by atoms with Crippen LogP contribution in [0, 0.1) is 11.3 Å². The second-order valence-electron chi connectivity index (χ2n) is 6.68. The number of hydrogen-bond donors (Lipinski definition) is 1. The van der Waals surface area contributed by atoms with Crippen LogP contribution >= 0.6 is 0 Å². The van der Waals surface area contributed by atoms with Crippen LogP contribution in [0.25, 0.3) is 5.69 Å². The highest BCUT2D eigenvalue weighted by Crippen LogP contribution is 2.27. The number of carbonyl (C=O) groups is 2. The fraction of sp³-hybridized carbons (Fsp3) is 0.421. The van der Waals surface area contributed by atoms with E-state index in [0.29, 0.717) is 18.4 Å². The molecule has 0 unspecified atom stereocenters. The predicted octanol–water partition coefficient (Wildman–Crippen LogP) is 2.16. The van der Waals surface area contributed by atoms with Gasteiger partial charge in [0, 0.05) is 0 Å². The van der Waals surface area contributed by atoms with Crippen molar-refractivity contribution in [2.24, 2.45) is 0 Å². The van der Waals surface area contributed by atoms with Gasteiger partial charge in [-0.05, 0) is 44.0 Å². The number of benzene rings is 1. The van der Waals surface area contributed by atoms with Crippen molar-refractivity contribution in [2.75, 3.05) is 0 Å². The number of nitrogens with one attached hydrogen (secondary N) is 1. The molecule has 1 aromatic carbocycles. The third-order valence-electron chi connectivity index (χ3n) is 4.72. The molecule has 0 radical (unpaired) electrons. The van der Waals surface area contributed by atoms with Crippen LogP contribution in [-0.2, 0) is 9.53 Å². The second-order valence-corrected chi connectivity index (χ2v) is 6.68. The Hall–Kier alpha value is -3.21. The molecule has 2 aromatic rings. The van der Waals surface area contributed by atoms with Crippen LogP contribution in [0.5, 0.6) is 0 Å². The molecule has 0 aliphatic heterocycles. The van der Waals surface area contributed by atoms with Crippen molar-refractivity contribution in [3.05, 3.63) is 42.5 Å². The fourth-order valence-electron chi connectivity index (χ4n) is 3.13. The highest BCUT2D eigenvalue weighted by atomic mass is 16.5. The summed E-state index contributed by atoms with van der Waals surface area (Å²) in [6.45, 7) is 1.50. The van der Waals surface area contributed by atoms with Crippen molar-refractivity contribution in [3.63, 3.8) is 0 Å². The Kier molecular flexibility index (Phi) is 5.50. The Morgan fingerprint density at radius 3 is 2.56 bits per heavy atom. The van der Waals surface area contributed by atoms with E-state index in [0.717, 1.165) is 24.9 Å². The molecule has 140 valence electrons. The van der Waals surface area contributed by atoms with E-state index in [2.05, 4.69) is 21.5 Å². The van der Waals surface area contributed by atoms with Crippen LogP contribution in [-0.4, -0.2) is 38.3 Å². The number of rotatable bonds is 5. The molecule has 0 spiro atoms. The first-order valence-corrected chi connectivity index (χ1v) is 8.92. The highest BCUT2D eigenvalue weighted by molar-refractivity contribution is 5.92. The molecular formula is C19H21N5O3. The second kappa shape index (κ2) is 7.99. The van der Waals surface area contributed by atoms with Crippen molar-refractivity contribution in [1.29, 1.82) is 5.26 Å². The topological polar surface area (TPSA) is 110 Å². The lowest BCUT2D eigenvalue weighted by atomic mass is 9.83. The average Bonchev–Trinajstić information content (AvgIpc) is 3.23. The smallest absolute Gasteiger partial charge is 0.338 e. The van der Waals surface area contributed by atoms with Gasteiger partial charge >= 0.3 is 5.97 Å². The summed E-state index contributed by atoms with van der Waals surface area (Å²) in [4.78, 5) is 28.6. The van der Waals surface area contributed by atoms with E-state index < -0.39 is 23.5 Å². The number of amides is 1. The van der Waals surface area contributed by atoms with E-state index >= 15 is 0 Å². The standard InChI is InChI=1S/C19H21N5O3/c1-14(17(25)23-19(11-20)9-3-2-4-10-19)27-18(26)15-5-7-16(8-6-15)24-13-21-12-22-24/h5-8,12-14H,2-4,9-10H2,1H3,(H,23,25)/t14-/m1/s1. The monoisotopic (exact) mass is 367 g/mol. The summed E-state index contributed by atoms with van der Waals surface area (Å²) in [5, 5.41) is 16.2. The van der Waals surface area contributed by atoms with Gasteiger partial charge in [0.1, 0.15) is 18.2 Å². The summed E-state index contributed by atoms with van der Waals surface area (Å²) in [5.41, 5.74) is 0.226. The van der Waals surface area contributed by atoms with Gasteiger partial charge in [-0.15, -0.1) is 0 Å². The van der Waals surface area contributed by atoms with Crippen LogP contribution in [0.2, 0.25) is 0 Å². The van der Waals surface area contributed by atoms with Gasteiger partial charge in [0.2, 0.25) is 0 Å². The summed E-state index contributed by atoms with van der Waals surface area (Å²) >= 11 is 0. The van der Waals surface area contributed by atoms with Crippen LogP contribution < -0.4 is 5.32 Å². The number of hydrogen-bond acceptors (Lipinski definition) is 6. The summed E-state index contributed by atoms with van der Waals surface area (Å²) in [5.74, 6) is -1.05. The highest BCUT2D eigenvalue weighted by Gasteiger charge is 2.35. The third-order valence-corrected chi connectivity index (χ3v) is 4.72. The van der Waals surface area contributed by atoms with E-state index in [-0.39, 0.29) is 0 Å². The zero-order valence-corrected chi connectivity index (χ0v) is 15.1. The maximum absolute atomic E-state index is 12.4. The lowest BCUT2D eigenvalue weighted by molar-refractivity contribution is -0.130. The lowest BCUT2D eigenvalue weighted by Gasteiger charge is -2.32. The maximum Gasteiger partial charge on any atom is 0.338 e. The minimum absolute atomic E-state index is 0.325. The molecule has 27 heavy (non-hydrogen) atoms. The van der Waals surface area contributed by atoms with Crippen molar-refractivity contribution >= 4 is 11.9 Å². The van der Waals surface area contributed by atoms with Gasteiger partial charge in [-0.3, -0.25) is 4.79 Å². The van der Waals surface area contributed by atoms with Crippen molar-refractivity contribution in [3.8, 4) is 11.8 Å². The summed E-state index contributed by atoms with van der Waals surface area (Å²) < 4.78 is 6.83. The van der Waals surface area contributed by atoms with E-state index in [1.54, 1.807) is 35.3 Å². The van der Waals surface area contributed by atoms with Crippen molar-refractivity contribution < 1.29 is 14.3 Å². The maximum atomic E-state index is 12.4. The number of nitriles is 1. The van der Waals surface area contributed by atoms with Crippen LogP contribution in [0.4, 0.5) is 0 Å². The van der Waals surface area contributed by atoms with Gasteiger partial charge < -0.3 is 10.1 Å². The molecule has 0 bridgehead atoms. The number of nitrogens with zero attached hydrogens (tertiary/aromatic N) is 4. The molecule has 1 fully saturated rings. The first kappa shape index (κ1) is 18.6. The molecule has 0 saturated heterocycles. The quantitative estimate of drug-likeness (QED) is 0.811. The average molecular weight is 367 g/mol. The van der Waals surface area contributed by atoms with Crippen LogP contribution in [0.3, 0.4) is 0 Å². The molecule has 1 aliphatic carbocycles. The largest absolute Gasteiger partial charge is 0.449 e. The van der Waals surface area contributed by atoms with Gasteiger partial charge in [0.05, 0.1) is 17.3 Å². The summed E-state index contributed by atoms with van der Waals surface area (Å²) in [6.07, 6.45) is 6.10. The number of aromatic nitrogens is 3. The van der Waals surface area contributed by atoms with Gasteiger partial charge in [0.15, 0.2) is 6.10 Å². The third kappa shape index (κ3) is 4.31. The minimum atomic E-state index is -0.986. The number of esters is 1. The first-order chi connectivity index (χ1) is 13.0. The van der Waals surface area contributed by atoms with Crippen LogP contribution in [0.15, 0.2) is 36.9 Å². The molecule has 1 N–H and O–H groups in total. The molecule has 1 amide bonds. The fourth-order valence-corrected chi connectivity index (χ4v) is 3.13. The zero-order chi connectivity index (χ0) is 19.3. The molecule has 3 rings (SSSR count). The van der Waals surface area contributed by atoms with Crippen LogP contribution in [0.1, 0.15) is 49.4 Å². The number of carbonyl (C=O) groups excluding carboxylic acids is 2. The van der Waals surface area contributed by atoms with Gasteiger partial charge in [-0.1, -0.05) is 19.3 Å². The van der Waals surface area contributed by atoms with Gasteiger partial charge in [0.25, 0.3) is 5.91 Å². The Morgan fingerprint density at radius 1 is 1.26 bits per heavy atom. The normalized spacial score (nSPS) is 16.7. The van der Waals surface area contributed by atoms with Crippen molar-refractivity contribution in [2.45, 2.75) is 50.7 Å². The predicted molar refractivity (Wildman–Crippen MR) is 95.8 cm³/mol. The Morgan fingerprint density at radius 2 is 1.96 bits per heavy atom. The Labute approximate surface area is 157 Å². The molecule has 1 aromatic heterocycles. The molecule has 1 atom stereocenters. The van der Waals surface area contributed by atoms with Gasteiger partial charge in [-0.25, -0.2) is 14.5 Å². The number of ether oxygens (including phenoxy) is 1. The van der Waals surface area contributed by atoms with Crippen molar-refractivity contribution in [1.82, 2.24) is 20.1 Å². The molecule has 1 heterocycles. The zero-order valence-electron chi connectivity index (χ0n) is 15.1. The molecular weight excluding hydrogens is 346 g/mol. The lowest BCUT2D eigenvalue weighted by Crippen LogP contribution is -2.52. The Bertz CT molecular complexity index is 833. The summed E-state index contributed by atoms with van der Waals surface area (Å²) in [6, 6.07) is 8.84. The SMILES string of the molecule is C[C@@H](OC(=O)c1ccc(-n2cncn2)cc1)C(=O)NC1(C#N)CCCCC1. The Balaban J connectivity index is 1.59. The molecule has 1 aliphatic rings. The molecule has 8 heteroatoms.